The zero-order valence-electron chi connectivity index (χ0n) is 27.3. The van der Waals surface area contributed by atoms with Gasteiger partial charge in [-0.15, -0.1) is 0 Å². The first-order chi connectivity index (χ1) is 24.0. The van der Waals surface area contributed by atoms with Crippen molar-refractivity contribution < 1.29 is 0 Å². The number of hydrogen-bond acceptors (Lipinski definition) is 3. The summed E-state index contributed by atoms with van der Waals surface area (Å²) >= 11 is 0. The van der Waals surface area contributed by atoms with Gasteiger partial charge in [0.1, 0.15) is 0 Å². The van der Waals surface area contributed by atoms with Crippen molar-refractivity contribution in [2.45, 2.75) is 19.3 Å². The number of nitrogens with zero attached hydrogens (tertiary/aromatic N) is 3. The van der Waals surface area contributed by atoms with Gasteiger partial charge in [0.05, 0.1) is 27.9 Å². The lowest BCUT2D eigenvalue weighted by molar-refractivity contribution is 0.662. The van der Waals surface area contributed by atoms with Gasteiger partial charge in [0.2, 0.25) is 0 Å². The van der Waals surface area contributed by atoms with Crippen molar-refractivity contribution in [1.82, 2.24) is 15.0 Å². The predicted octanol–water partition coefficient (Wildman–Crippen LogP) is 11.8. The third kappa shape index (κ3) is 4.19. The van der Waals surface area contributed by atoms with Gasteiger partial charge in [-0.25, -0.2) is 9.97 Å². The van der Waals surface area contributed by atoms with E-state index in [4.69, 9.17) is 9.97 Å². The van der Waals surface area contributed by atoms with Crippen LogP contribution in [0, 0.1) is 0 Å². The highest BCUT2D eigenvalue weighted by Gasteiger charge is 2.39. The molecular formula is C46H31N3. The topological polar surface area (TPSA) is 38.7 Å². The fourth-order valence-corrected chi connectivity index (χ4v) is 8.04. The average Bonchev–Trinajstić information content (AvgIpc) is 3.39. The van der Waals surface area contributed by atoms with Crippen LogP contribution in [0.2, 0.25) is 0 Å². The summed E-state index contributed by atoms with van der Waals surface area (Å²) in [6.45, 7) is 4.69. The van der Waals surface area contributed by atoms with Crippen molar-refractivity contribution >= 4 is 43.5 Å². The maximum absolute atomic E-state index is 5.45. The van der Waals surface area contributed by atoms with E-state index in [1.54, 1.807) is 0 Å². The maximum atomic E-state index is 5.45. The minimum Gasteiger partial charge on any atom is -0.254 e. The van der Waals surface area contributed by atoms with E-state index in [0.29, 0.717) is 0 Å². The van der Waals surface area contributed by atoms with Gasteiger partial charge in [-0.1, -0.05) is 141 Å². The van der Waals surface area contributed by atoms with E-state index in [0.717, 1.165) is 44.3 Å². The minimum absolute atomic E-state index is 0.195. The van der Waals surface area contributed by atoms with Crippen molar-refractivity contribution in [3.63, 3.8) is 0 Å². The van der Waals surface area contributed by atoms with Crippen LogP contribution in [0.5, 0.6) is 0 Å². The van der Waals surface area contributed by atoms with Crippen LogP contribution in [0.15, 0.2) is 152 Å². The molecule has 3 aromatic heterocycles. The summed E-state index contributed by atoms with van der Waals surface area (Å²) in [5, 5.41) is 5.78. The number of pyridine rings is 3. The lowest BCUT2D eigenvalue weighted by atomic mass is 9.78. The van der Waals surface area contributed by atoms with Gasteiger partial charge < -0.3 is 0 Å². The molecule has 9 aromatic rings. The molecule has 0 radical (unpaired) electrons. The van der Waals surface area contributed by atoms with Crippen LogP contribution >= 0.6 is 0 Å². The summed E-state index contributed by atoms with van der Waals surface area (Å²) in [6.07, 6.45) is 1.84. The van der Waals surface area contributed by atoms with Crippen LogP contribution in [-0.4, -0.2) is 15.0 Å². The van der Waals surface area contributed by atoms with Crippen molar-refractivity contribution in [3.8, 4) is 44.8 Å². The second kappa shape index (κ2) is 10.4. The number of fused-ring (bicyclic) bond motifs is 9. The first kappa shape index (κ1) is 27.9. The number of hydrogen-bond donors (Lipinski definition) is 0. The van der Waals surface area contributed by atoms with Crippen LogP contribution < -0.4 is 0 Å². The molecule has 230 valence electrons. The van der Waals surface area contributed by atoms with E-state index in [1.807, 2.05) is 12.3 Å². The molecule has 0 bridgehead atoms. The molecule has 0 amide bonds. The van der Waals surface area contributed by atoms with Gasteiger partial charge in [0.15, 0.2) is 0 Å². The van der Waals surface area contributed by atoms with Crippen molar-refractivity contribution in [2.75, 3.05) is 0 Å². The standard InChI is InChI=1S/C46H31N3/c1-46(2)38-15-6-5-14-36(38)45-41(46)40(37-24-22-29-9-3-4-13-35(29)44(37)49-45)34-11-7-10-33(27-34)28-16-18-30(19-17-28)39-25-23-32-21-20-31-12-8-26-47-42(31)43(32)48-39/h3-27H,1-2H3. The Bertz CT molecular complexity index is 2790. The zero-order valence-corrected chi connectivity index (χ0v) is 27.3. The summed E-state index contributed by atoms with van der Waals surface area (Å²) in [6, 6.07) is 52.2. The van der Waals surface area contributed by atoms with Crippen LogP contribution in [-0.2, 0) is 5.41 Å². The van der Waals surface area contributed by atoms with E-state index in [1.165, 1.54) is 55.1 Å². The van der Waals surface area contributed by atoms with Gasteiger partial charge >= 0.3 is 0 Å². The highest BCUT2D eigenvalue weighted by molar-refractivity contribution is 6.13. The van der Waals surface area contributed by atoms with Crippen molar-refractivity contribution in [3.05, 3.63) is 163 Å². The lowest BCUT2D eigenvalue weighted by Crippen LogP contribution is -2.16. The molecule has 3 heteroatoms. The molecule has 1 aliphatic carbocycles. The fraction of sp³-hybridized carbons (Fsp3) is 0.0652. The van der Waals surface area contributed by atoms with Crippen LogP contribution in [0.4, 0.5) is 0 Å². The van der Waals surface area contributed by atoms with Crippen molar-refractivity contribution in [2.24, 2.45) is 0 Å². The first-order valence-electron chi connectivity index (χ1n) is 16.9. The Morgan fingerprint density at radius 3 is 2.08 bits per heavy atom. The first-order valence-corrected chi connectivity index (χ1v) is 16.9. The summed E-state index contributed by atoms with van der Waals surface area (Å²) in [5.41, 5.74) is 14.5. The third-order valence-electron chi connectivity index (χ3n) is 10.5. The fourth-order valence-electron chi connectivity index (χ4n) is 8.04. The normalized spacial score (nSPS) is 13.3. The summed E-state index contributed by atoms with van der Waals surface area (Å²) in [7, 11) is 0. The molecule has 0 fully saturated rings. The monoisotopic (exact) mass is 625 g/mol. The van der Waals surface area contributed by atoms with E-state index >= 15 is 0 Å². The second-order valence-corrected chi connectivity index (χ2v) is 13.6. The Morgan fingerprint density at radius 1 is 0.469 bits per heavy atom. The highest BCUT2D eigenvalue weighted by Crippen LogP contribution is 2.53. The van der Waals surface area contributed by atoms with Crippen LogP contribution in [0.25, 0.3) is 88.2 Å². The maximum Gasteiger partial charge on any atom is 0.0972 e. The Morgan fingerprint density at radius 2 is 1.18 bits per heavy atom. The molecule has 3 heterocycles. The van der Waals surface area contributed by atoms with Gasteiger partial charge in [-0.2, -0.15) is 0 Å². The summed E-state index contributed by atoms with van der Waals surface area (Å²) in [5.74, 6) is 0. The molecule has 6 aromatic carbocycles. The summed E-state index contributed by atoms with van der Waals surface area (Å²) in [4.78, 5) is 15.2. The Balaban J connectivity index is 1.12. The Kier molecular flexibility index (Phi) is 5.92. The highest BCUT2D eigenvalue weighted by atomic mass is 14.8. The molecule has 0 N–H and O–H groups in total. The molecule has 0 spiro atoms. The van der Waals surface area contributed by atoms with Gasteiger partial charge in [-0.3, -0.25) is 4.98 Å². The molecule has 3 nitrogen and oxygen atoms in total. The van der Waals surface area contributed by atoms with Crippen LogP contribution in [0.1, 0.15) is 25.0 Å². The van der Waals surface area contributed by atoms with E-state index < -0.39 is 0 Å². The average molecular weight is 626 g/mol. The SMILES string of the molecule is CC1(C)c2ccccc2-c2nc3c(ccc4ccccc43)c(-c3cccc(-c4ccc(-c5ccc6ccc7cccnc7c6n5)cc4)c3)c21. The lowest BCUT2D eigenvalue weighted by Gasteiger charge is -2.25. The zero-order chi connectivity index (χ0) is 32.7. The van der Waals surface area contributed by atoms with Crippen molar-refractivity contribution in [1.29, 1.82) is 0 Å². The second-order valence-electron chi connectivity index (χ2n) is 13.6. The van der Waals surface area contributed by atoms with E-state index in [2.05, 4.69) is 158 Å². The van der Waals surface area contributed by atoms with Gasteiger partial charge in [-0.05, 0) is 57.0 Å². The Hall–Kier alpha value is -6.19. The molecule has 1 aliphatic rings. The number of aromatic nitrogens is 3. The predicted molar refractivity (Wildman–Crippen MR) is 204 cm³/mol. The molecule has 49 heavy (non-hydrogen) atoms. The summed E-state index contributed by atoms with van der Waals surface area (Å²) < 4.78 is 0. The van der Waals surface area contributed by atoms with Crippen LogP contribution in [0.3, 0.4) is 0 Å². The molecule has 0 saturated carbocycles. The minimum atomic E-state index is -0.195. The quantitative estimate of drug-likeness (QED) is 0.183. The van der Waals surface area contributed by atoms with E-state index in [-0.39, 0.29) is 5.41 Å². The molecule has 0 unspecified atom stereocenters. The molecule has 0 aliphatic heterocycles. The number of rotatable bonds is 3. The van der Waals surface area contributed by atoms with Gasteiger partial charge in [0, 0.05) is 44.3 Å². The van der Waals surface area contributed by atoms with E-state index in [9.17, 15) is 0 Å². The molecule has 0 atom stereocenters. The molecule has 0 saturated heterocycles. The third-order valence-corrected chi connectivity index (χ3v) is 10.5. The largest absolute Gasteiger partial charge is 0.254 e. The molecule has 10 rings (SSSR count). The smallest absolute Gasteiger partial charge is 0.0972 e. The Labute approximate surface area is 284 Å². The molecular weight excluding hydrogens is 595 g/mol. The van der Waals surface area contributed by atoms with Gasteiger partial charge in [0.25, 0.3) is 0 Å². The number of benzene rings is 6.